The monoisotopic (exact) mass is 418 g/mol. The van der Waals surface area contributed by atoms with Crippen LogP contribution in [0.15, 0.2) is 66.7 Å². The number of amides is 2. The first kappa shape index (κ1) is 21.9. The van der Waals surface area contributed by atoms with E-state index in [0.717, 1.165) is 5.56 Å². The van der Waals surface area contributed by atoms with Crippen LogP contribution in [0.4, 0.5) is 11.4 Å². The van der Waals surface area contributed by atoms with Crippen molar-refractivity contribution in [1.29, 1.82) is 0 Å². The summed E-state index contributed by atoms with van der Waals surface area (Å²) >= 11 is 0. The van der Waals surface area contributed by atoms with Crippen LogP contribution in [0.3, 0.4) is 0 Å². The lowest BCUT2D eigenvalue weighted by atomic mass is 10.1. The SMILES string of the molecule is CCOc1cc(OCC)cc(C(=O)Nc2cccc(NC(=O)c3cccc(C)c3)c2)c1. The van der Waals surface area contributed by atoms with E-state index in [1.54, 1.807) is 48.5 Å². The molecule has 0 saturated heterocycles. The summed E-state index contributed by atoms with van der Waals surface area (Å²) in [5.41, 5.74) is 3.15. The van der Waals surface area contributed by atoms with Crippen molar-refractivity contribution in [3.8, 4) is 11.5 Å². The van der Waals surface area contributed by atoms with Gasteiger partial charge in [-0.05, 0) is 63.2 Å². The molecular formula is C25H26N2O4. The summed E-state index contributed by atoms with van der Waals surface area (Å²) in [5.74, 6) is 0.623. The van der Waals surface area contributed by atoms with E-state index in [4.69, 9.17) is 9.47 Å². The van der Waals surface area contributed by atoms with Crippen molar-refractivity contribution in [3.63, 3.8) is 0 Å². The highest BCUT2D eigenvalue weighted by atomic mass is 16.5. The second-order valence-corrected chi connectivity index (χ2v) is 6.92. The summed E-state index contributed by atoms with van der Waals surface area (Å²) in [6.45, 7) is 6.66. The van der Waals surface area contributed by atoms with Gasteiger partial charge in [0, 0.05) is 28.6 Å². The minimum atomic E-state index is -0.301. The third-order valence-corrected chi connectivity index (χ3v) is 4.42. The van der Waals surface area contributed by atoms with Crippen molar-refractivity contribution in [2.24, 2.45) is 0 Å². The second kappa shape index (κ2) is 10.3. The maximum absolute atomic E-state index is 12.8. The summed E-state index contributed by atoms with van der Waals surface area (Å²) in [6, 6.07) is 19.5. The molecule has 3 aromatic carbocycles. The Morgan fingerprint density at radius 2 is 1.26 bits per heavy atom. The third kappa shape index (κ3) is 6.09. The summed E-state index contributed by atoms with van der Waals surface area (Å²) in [5, 5.41) is 5.72. The highest BCUT2D eigenvalue weighted by Gasteiger charge is 2.12. The fourth-order valence-electron chi connectivity index (χ4n) is 3.07. The molecule has 0 saturated carbocycles. The Balaban J connectivity index is 1.74. The first-order chi connectivity index (χ1) is 15.0. The number of anilines is 2. The Bertz CT molecular complexity index is 1050. The van der Waals surface area contributed by atoms with Crippen LogP contribution in [0.25, 0.3) is 0 Å². The van der Waals surface area contributed by atoms with E-state index >= 15 is 0 Å². The molecule has 31 heavy (non-hydrogen) atoms. The van der Waals surface area contributed by atoms with Gasteiger partial charge in [-0.15, -0.1) is 0 Å². The Kier molecular flexibility index (Phi) is 7.27. The van der Waals surface area contributed by atoms with E-state index in [-0.39, 0.29) is 11.8 Å². The predicted molar refractivity (Wildman–Crippen MR) is 122 cm³/mol. The topological polar surface area (TPSA) is 76.7 Å². The lowest BCUT2D eigenvalue weighted by Crippen LogP contribution is -2.14. The molecule has 160 valence electrons. The van der Waals surface area contributed by atoms with Crippen molar-refractivity contribution in [3.05, 3.63) is 83.4 Å². The van der Waals surface area contributed by atoms with Gasteiger partial charge in [-0.3, -0.25) is 9.59 Å². The number of rotatable bonds is 8. The van der Waals surface area contributed by atoms with E-state index in [1.165, 1.54) is 0 Å². The molecule has 3 aromatic rings. The average Bonchev–Trinajstić information content (AvgIpc) is 2.74. The van der Waals surface area contributed by atoms with Crippen molar-refractivity contribution in [1.82, 2.24) is 0 Å². The first-order valence-electron chi connectivity index (χ1n) is 10.2. The van der Waals surface area contributed by atoms with Crippen molar-refractivity contribution in [2.75, 3.05) is 23.8 Å². The van der Waals surface area contributed by atoms with E-state index in [1.807, 2.05) is 39.0 Å². The molecule has 0 bridgehead atoms. The fourth-order valence-corrected chi connectivity index (χ4v) is 3.07. The van der Waals surface area contributed by atoms with Gasteiger partial charge in [-0.1, -0.05) is 23.8 Å². The van der Waals surface area contributed by atoms with Crippen molar-refractivity contribution < 1.29 is 19.1 Å². The quantitative estimate of drug-likeness (QED) is 0.521. The number of carbonyl (C=O) groups excluding carboxylic acids is 2. The van der Waals surface area contributed by atoms with Crippen LogP contribution in [0.2, 0.25) is 0 Å². The molecule has 0 unspecified atom stereocenters. The van der Waals surface area contributed by atoms with E-state index in [9.17, 15) is 9.59 Å². The number of hydrogen-bond acceptors (Lipinski definition) is 4. The summed E-state index contributed by atoms with van der Waals surface area (Å²) < 4.78 is 11.1. The fraction of sp³-hybridized carbons (Fsp3) is 0.200. The zero-order valence-corrected chi connectivity index (χ0v) is 17.9. The molecule has 0 aliphatic heterocycles. The maximum atomic E-state index is 12.8. The molecule has 0 aromatic heterocycles. The van der Waals surface area contributed by atoms with Crippen LogP contribution >= 0.6 is 0 Å². The second-order valence-electron chi connectivity index (χ2n) is 6.92. The molecule has 2 N–H and O–H groups in total. The molecule has 0 spiro atoms. The molecular weight excluding hydrogens is 392 g/mol. The zero-order valence-electron chi connectivity index (χ0n) is 17.9. The van der Waals surface area contributed by atoms with Gasteiger partial charge in [-0.25, -0.2) is 0 Å². The van der Waals surface area contributed by atoms with Crippen LogP contribution in [-0.4, -0.2) is 25.0 Å². The van der Waals surface area contributed by atoms with Crippen LogP contribution in [0, 0.1) is 6.92 Å². The summed E-state index contributed by atoms with van der Waals surface area (Å²) in [6.07, 6.45) is 0. The number of hydrogen-bond donors (Lipinski definition) is 2. The van der Waals surface area contributed by atoms with Gasteiger partial charge in [0.15, 0.2) is 0 Å². The van der Waals surface area contributed by atoms with Gasteiger partial charge in [0.05, 0.1) is 13.2 Å². The molecule has 0 radical (unpaired) electrons. The van der Waals surface area contributed by atoms with E-state index < -0.39 is 0 Å². The van der Waals surface area contributed by atoms with Gasteiger partial charge in [0.1, 0.15) is 11.5 Å². The number of ether oxygens (including phenoxy) is 2. The lowest BCUT2D eigenvalue weighted by Gasteiger charge is -2.12. The molecule has 0 aliphatic carbocycles. The van der Waals surface area contributed by atoms with Gasteiger partial charge in [0.25, 0.3) is 11.8 Å². The average molecular weight is 418 g/mol. The van der Waals surface area contributed by atoms with Gasteiger partial charge < -0.3 is 20.1 Å². The van der Waals surface area contributed by atoms with Crippen molar-refractivity contribution in [2.45, 2.75) is 20.8 Å². The molecule has 3 rings (SSSR count). The first-order valence-corrected chi connectivity index (χ1v) is 10.2. The standard InChI is InChI=1S/C25H26N2O4/c1-4-30-22-13-19(14-23(16-22)31-5-2)25(29)27-21-11-7-10-20(15-21)26-24(28)18-9-6-8-17(3)12-18/h6-16H,4-5H2,1-3H3,(H,26,28)(H,27,29). The Morgan fingerprint density at radius 1 is 0.710 bits per heavy atom. The molecule has 0 aliphatic rings. The van der Waals surface area contributed by atoms with Crippen LogP contribution in [-0.2, 0) is 0 Å². The zero-order chi connectivity index (χ0) is 22.2. The van der Waals surface area contributed by atoms with Crippen LogP contribution < -0.4 is 20.1 Å². The number of benzene rings is 3. The summed E-state index contributed by atoms with van der Waals surface area (Å²) in [4.78, 5) is 25.3. The molecule has 0 heterocycles. The maximum Gasteiger partial charge on any atom is 0.255 e. The van der Waals surface area contributed by atoms with Crippen LogP contribution in [0.5, 0.6) is 11.5 Å². The largest absolute Gasteiger partial charge is 0.494 e. The highest BCUT2D eigenvalue weighted by Crippen LogP contribution is 2.24. The lowest BCUT2D eigenvalue weighted by molar-refractivity contribution is 0.101. The number of nitrogens with one attached hydrogen (secondary N) is 2. The highest BCUT2D eigenvalue weighted by molar-refractivity contribution is 6.06. The van der Waals surface area contributed by atoms with E-state index in [0.29, 0.717) is 47.2 Å². The molecule has 2 amide bonds. The Labute approximate surface area is 182 Å². The predicted octanol–water partition coefficient (Wildman–Crippen LogP) is 5.30. The van der Waals surface area contributed by atoms with Crippen LogP contribution in [0.1, 0.15) is 40.1 Å². The number of aryl methyl sites for hydroxylation is 1. The molecule has 6 nitrogen and oxygen atoms in total. The number of carbonyl (C=O) groups is 2. The van der Waals surface area contributed by atoms with Gasteiger partial charge in [0.2, 0.25) is 0 Å². The minimum absolute atomic E-state index is 0.210. The Hall–Kier alpha value is -3.80. The minimum Gasteiger partial charge on any atom is -0.494 e. The third-order valence-electron chi connectivity index (χ3n) is 4.42. The Morgan fingerprint density at radius 3 is 1.81 bits per heavy atom. The van der Waals surface area contributed by atoms with Gasteiger partial charge in [-0.2, -0.15) is 0 Å². The van der Waals surface area contributed by atoms with Gasteiger partial charge >= 0.3 is 0 Å². The smallest absolute Gasteiger partial charge is 0.255 e. The van der Waals surface area contributed by atoms with E-state index in [2.05, 4.69) is 10.6 Å². The normalized spacial score (nSPS) is 10.3. The molecule has 6 heteroatoms. The van der Waals surface area contributed by atoms with Crippen molar-refractivity contribution >= 4 is 23.2 Å². The summed E-state index contributed by atoms with van der Waals surface area (Å²) in [7, 11) is 0. The molecule has 0 atom stereocenters. The molecule has 0 fully saturated rings.